The van der Waals surface area contributed by atoms with Crippen molar-refractivity contribution in [3.63, 3.8) is 0 Å². The highest BCUT2D eigenvalue weighted by molar-refractivity contribution is 5.90. The van der Waals surface area contributed by atoms with Crippen LogP contribution >= 0.6 is 0 Å². The summed E-state index contributed by atoms with van der Waals surface area (Å²) >= 11 is 0. The van der Waals surface area contributed by atoms with Gasteiger partial charge in [-0.15, -0.1) is 0 Å². The van der Waals surface area contributed by atoms with Gasteiger partial charge in [0.05, 0.1) is 17.8 Å². The second-order valence-electron chi connectivity index (χ2n) is 5.93. The number of halogens is 2. The van der Waals surface area contributed by atoms with E-state index >= 15 is 0 Å². The number of carbonyl (C=O) groups is 1. The Hall–Kier alpha value is -2.44. The van der Waals surface area contributed by atoms with Crippen LogP contribution in [0.2, 0.25) is 0 Å². The van der Waals surface area contributed by atoms with E-state index in [9.17, 15) is 13.6 Å². The molecular formula is C17H18F2N2O3. The summed E-state index contributed by atoms with van der Waals surface area (Å²) in [5, 5.41) is 13.5. The summed E-state index contributed by atoms with van der Waals surface area (Å²) in [6.45, 7) is -3.01. The molecule has 0 unspecified atom stereocenters. The second-order valence-corrected chi connectivity index (χ2v) is 5.93. The minimum Gasteiger partial charge on any atom is -0.478 e. The first-order valence-electron chi connectivity index (χ1n) is 7.90. The maximum atomic E-state index is 12.4. The predicted molar refractivity (Wildman–Crippen MR) is 83.4 cm³/mol. The molecule has 1 aromatic heterocycles. The molecule has 5 nitrogen and oxygen atoms in total. The summed E-state index contributed by atoms with van der Waals surface area (Å²) in [7, 11) is 0. The maximum absolute atomic E-state index is 12.4. The summed E-state index contributed by atoms with van der Waals surface area (Å²) < 4.78 is 31.1. The quantitative estimate of drug-likeness (QED) is 0.881. The summed E-state index contributed by atoms with van der Waals surface area (Å²) in [5.41, 5.74) is 1.07. The van der Waals surface area contributed by atoms with Crippen LogP contribution in [0.25, 0.3) is 11.1 Å². The van der Waals surface area contributed by atoms with Crippen molar-refractivity contribution in [1.82, 2.24) is 9.78 Å². The molecule has 1 aliphatic carbocycles. The molecule has 0 spiro atoms. The van der Waals surface area contributed by atoms with Gasteiger partial charge in [0, 0.05) is 11.8 Å². The Morgan fingerprint density at radius 3 is 2.62 bits per heavy atom. The van der Waals surface area contributed by atoms with Gasteiger partial charge in [-0.3, -0.25) is 4.68 Å². The summed E-state index contributed by atoms with van der Waals surface area (Å²) in [6, 6.07) is 4.26. The van der Waals surface area contributed by atoms with E-state index in [0.29, 0.717) is 17.2 Å². The maximum Gasteiger partial charge on any atom is 0.387 e. The molecule has 1 fully saturated rings. The van der Waals surface area contributed by atoms with Gasteiger partial charge < -0.3 is 9.84 Å². The van der Waals surface area contributed by atoms with Crippen molar-refractivity contribution in [2.24, 2.45) is 0 Å². The molecule has 0 atom stereocenters. The molecule has 1 aromatic carbocycles. The molecule has 7 heteroatoms. The number of hydrogen-bond donors (Lipinski definition) is 1. The minimum atomic E-state index is -3.01. The largest absolute Gasteiger partial charge is 0.478 e. The number of rotatable bonds is 5. The van der Waals surface area contributed by atoms with E-state index in [1.807, 2.05) is 10.9 Å². The van der Waals surface area contributed by atoms with E-state index in [1.165, 1.54) is 31.4 Å². The lowest BCUT2D eigenvalue weighted by atomic mass is 9.96. The number of nitrogens with zero attached hydrogens (tertiary/aromatic N) is 2. The molecule has 24 heavy (non-hydrogen) atoms. The van der Waals surface area contributed by atoms with Gasteiger partial charge in [-0.05, 0) is 36.6 Å². The van der Waals surface area contributed by atoms with Gasteiger partial charge in [-0.1, -0.05) is 19.3 Å². The highest BCUT2D eigenvalue weighted by atomic mass is 19.3. The van der Waals surface area contributed by atoms with E-state index in [2.05, 4.69) is 9.84 Å². The zero-order valence-electron chi connectivity index (χ0n) is 13.0. The first-order chi connectivity index (χ1) is 11.5. The van der Waals surface area contributed by atoms with E-state index < -0.39 is 12.6 Å². The molecular weight excluding hydrogens is 318 g/mol. The number of carboxylic acids is 1. The van der Waals surface area contributed by atoms with Crippen LogP contribution in [0.4, 0.5) is 8.78 Å². The van der Waals surface area contributed by atoms with Crippen molar-refractivity contribution < 1.29 is 23.4 Å². The fourth-order valence-electron chi connectivity index (χ4n) is 3.09. The molecule has 2 aromatic rings. The third-order valence-electron chi connectivity index (χ3n) is 4.26. The minimum absolute atomic E-state index is 0.103. The Balaban J connectivity index is 1.91. The number of benzene rings is 1. The standard InChI is InChI=1S/C17H18F2N2O3/c18-17(19)24-15-7-11(6-12(8-15)16(22)23)13-9-20-21(10-13)14-4-2-1-3-5-14/h6-10,14,17H,1-5H2,(H,22,23). The van der Waals surface area contributed by atoms with Crippen LogP contribution in [0.5, 0.6) is 5.75 Å². The molecule has 128 valence electrons. The monoisotopic (exact) mass is 336 g/mol. The lowest BCUT2D eigenvalue weighted by Crippen LogP contribution is -2.12. The van der Waals surface area contributed by atoms with Gasteiger partial charge in [0.2, 0.25) is 0 Å². The van der Waals surface area contributed by atoms with Crippen molar-refractivity contribution in [1.29, 1.82) is 0 Å². The number of ether oxygens (including phenoxy) is 1. The summed E-state index contributed by atoms with van der Waals surface area (Å²) in [6.07, 6.45) is 9.16. The van der Waals surface area contributed by atoms with Crippen molar-refractivity contribution in [2.45, 2.75) is 44.8 Å². The highest BCUT2D eigenvalue weighted by Crippen LogP contribution is 2.31. The molecule has 0 aliphatic heterocycles. The predicted octanol–water partition coefficient (Wildman–Crippen LogP) is 4.35. The highest BCUT2D eigenvalue weighted by Gasteiger charge is 2.17. The van der Waals surface area contributed by atoms with Gasteiger partial charge >= 0.3 is 12.6 Å². The fourth-order valence-corrected chi connectivity index (χ4v) is 3.09. The normalized spacial score (nSPS) is 15.6. The van der Waals surface area contributed by atoms with Gasteiger partial charge in [0.15, 0.2) is 0 Å². The molecule has 3 rings (SSSR count). The van der Waals surface area contributed by atoms with Crippen LogP contribution in [-0.2, 0) is 0 Å². The zero-order chi connectivity index (χ0) is 17.1. The Morgan fingerprint density at radius 2 is 1.96 bits per heavy atom. The first-order valence-corrected chi connectivity index (χ1v) is 7.90. The average Bonchev–Trinajstić information content (AvgIpc) is 3.05. The smallest absolute Gasteiger partial charge is 0.387 e. The summed E-state index contributed by atoms with van der Waals surface area (Å²) in [4.78, 5) is 11.2. The van der Waals surface area contributed by atoms with Crippen molar-refractivity contribution in [2.75, 3.05) is 0 Å². The van der Waals surface area contributed by atoms with Crippen LogP contribution in [0.3, 0.4) is 0 Å². The first kappa shape index (κ1) is 16.4. The van der Waals surface area contributed by atoms with E-state index in [4.69, 9.17) is 5.11 Å². The molecule has 0 saturated heterocycles. The molecule has 1 saturated carbocycles. The van der Waals surface area contributed by atoms with Crippen molar-refractivity contribution >= 4 is 5.97 Å². The number of hydrogen-bond acceptors (Lipinski definition) is 3. The number of aromatic carboxylic acids is 1. The van der Waals surface area contributed by atoms with Crippen LogP contribution in [0, 0.1) is 0 Å². The van der Waals surface area contributed by atoms with Crippen LogP contribution < -0.4 is 4.74 Å². The second kappa shape index (κ2) is 6.98. The average molecular weight is 336 g/mol. The number of aromatic nitrogens is 2. The third kappa shape index (κ3) is 3.72. The van der Waals surface area contributed by atoms with Crippen LogP contribution in [0.1, 0.15) is 48.5 Å². The zero-order valence-corrected chi connectivity index (χ0v) is 13.0. The summed E-state index contributed by atoms with van der Waals surface area (Å²) in [5.74, 6) is -1.37. The van der Waals surface area contributed by atoms with E-state index in [-0.39, 0.29) is 11.3 Å². The molecule has 1 aliphatic rings. The van der Waals surface area contributed by atoms with Gasteiger partial charge in [-0.25, -0.2) is 4.79 Å². The van der Waals surface area contributed by atoms with Gasteiger partial charge in [-0.2, -0.15) is 13.9 Å². The fraction of sp³-hybridized carbons (Fsp3) is 0.412. The van der Waals surface area contributed by atoms with Gasteiger partial charge in [0.25, 0.3) is 0 Å². The molecule has 0 bridgehead atoms. The van der Waals surface area contributed by atoms with Crippen molar-refractivity contribution in [3.8, 4) is 16.9 Å². The Labute approximate surface area is 137 Å². The van der Waals surface area contributed by atoms with Gasteiger partial charge in [0.1, 0.15) is 5.75 Å². The van der Waals surface area contributed by atoms with Crippen LogP contribution in [-0.4, -0.2) is 27.5 Å². The lowest BCUT2D eigenvalue weighted by Gasteiger charge is -2.21. The molecule has 0 amide bonds. The molecule has 1 N–H and O–H groups in total. The lowest BCUT2D eigenvalue weighted by molar-refractivity contribution is -0.0498. The number of carboxylic acid groups (broad SMARTS) is 1. The SMILES string of the molecule is O=C(O)c1cc(OC(F)F)cc(-c2cnn(C3CCCCC3)c2)c1. The Bertz CT molecular complexity index is 724. The Morgan fingerprint density at radius 1 is 1.21 bits per heavy atom. The van der Waals surface area contributed by atoms with E-state index in [0.717, 1.165) is 18.9 Å². The Kier molecular flexibility index (Phi) is 4.78. The molecule has 1 heterocycles. The van der Waals surface area contributed by atoms with E-state index in [1.54, 1.807) is 6.20 Å². The molecule has 0 radical (unpaired) electrons. The van der Waals surface area contributed by atoms with Crippen LogP contribution in [0.15, 0.2) is 30.6 Å². The topological polar surface area (TPSA) is 64.3 Å². The van der Waals surface area contributed by atoms with Crippen molar-refractivity contribution in [3.05, 3.63) is 36.2 Å². The third-order valence-corrected chi connectivity index (χ3v) is 4.26. The number of alkyl halides is 2.